The maximum absolute atomic E-state index is 12.1. The van der Waals surface area contributed by atoms with E-state index in [0.717, 1.165) is 22.9 Å². The molecule has 0 fully saturated rings. The van der Waals surface area contributed by atoms with Gasteiger partial charge in [0.05, 0.1) is 25.7 Å². The quantitative estimate of drug-likeness (QED) is 0.596. The number of benzene rings is 1. The number of ether oxygens (including phenoxy) is 1. The average Bonchev–Trinajstić information content (AvgIpc) is 3.34. The zero-order chi connectivity index (χ0) is 19.2. The minimum absolute atomic E-state index is 0.0827. The second-order valence-electron chi connectivity index (χ2n) is 6.14. The summed E-state index contributed by atoms with van der Waals surface area (Å²) in [6.45, 7) is 4.51. The Kier molecular flexibility index (Phi) is 6.18. The van der Waals surface area contributed by atoms with Crippen molar-refractivity contribution in [2.45, 2.75) is 31.6 Å². The van der Waals surface area contributed by atoms with Gasteiger partial charge >= 0.3 is 0 Å². The van der Waals surface area contributed by atoms with E-state index in [0.29, 0.717) is 11.7 Å². The second kappa shape index (κ2) is 8.77. The van der Waals surface area contributed by atoms with Crippen LogP contribution in [-0.4, -0.2) is 33.5 Å². The molecule has 1 N–H and O–H groups in total. The second-order valence-corrected chi connectivity index (χ2v) is 7.09. The average molecular weight is 386 g/mol. The SMILES string of the molecule is COc1ccc(-c2nnc(SCC(=O)NCc3ccco3)n2C(C)C)cc1. The van der Waals surface area contributed by atoms with Crippen molar-refractivity contribution in [1.29, 1.82) is 0 Å². The molecule has 0 spiro atoms. The summed E-state index contributed by atoms with van der Waals surface area (Å²) in [6.07, 6.45) is 1.59. The number of thioether (sulfide) groups is 1. The van der Waals surface area contributed by atoms with E-state index < -0.39 is 0 Å². The molecule has 7 nitrogen and oxygen atoms in total. The van der Waals surface area contributed by atoms with Crippen molar-refractivity contribution < 1.29 is 13.9 Å². The van der Waals surface area contributed by atoms with Gasteiger partial charge in [-0.15, -0.1) is 10.2 Å². The first-order valence-corrected chi connectivity index (χ1v) is 9.58. The molecule has 142 valence electrons. The monoisotopic (exact) mass is 386 g/mol. The first-order valence-electron chi connectivity index (χ1n) is 8.59. The van der Waals surface area contributed by atoms with Crippen molar-refractivity contribution in [3.05, 3.63) is 48.4 Å². The fourth-order valence-corrected chi connectivity index (χ4v) is 3.46. The van der Waals surface area contributed by atoms with Crippen molar-refractivity contribution in [1.82, 2.24) is 20.1 Å². The molecule has 0 unspecified atom stereocenters. The van der Waals surface area contributed by atoms with Gasteiger partial charge in [0.2, 0.25) is 5.91 Å². The number of hydrogen-bond acceptors (Lipinski definition) is 6. The standard InChI is InChI=1S/C19H22N4O3S/c1-13(2)23-18(14-6-8-15(25-3)9-7-14)21-22-19(23)27-12-17(24)20-11-16-5-4-10-26-16/h4-10,13H,11-12H2,1-3H3,(H,20,24). The van der Waals surface area contributed by atoms with Crippen LogP contribution in [0.25, 0.3) is 11.4 Å². The van der Waals surface area contributed by atoms with Gasteiger partial charge in [-0.25, -0.2) is 0 Å². The maximum Gasteiger partial charge on any atom is 0.230 e. The highest BCUT2D eigenvalue weighted by Gasteiger charge is 2.18. The maximum atomic E-state index is 12.1. The minimum Gasteiger partial charge on any atom is -0.497 e. The third-order valence-electron chi connectivity index (χ3n) is 3.90. The molecule has 0 bridgehead atoms. The summed E-state index contributed by atoms with van der Waals surface area (Å²) >= 11 is 1.37. The fourth-order valence-electron chi connectivity index (χ4n) is 2.56. The Morgan fingerprint density at radius 2 is 2.04 bits per heavy atom. The Hall–Kier alpha value is -2.74. The van der Waals surface area contributed by atoms with Gasteiger partial charge in [0.15, 0.2) is 11.0 Å². The Labute approximate surface area is 162 Å². The molecule has 0 saturated heterocycles. The van der Waals surface area contributed by atoms with Gasteiger partial charge in [0.1, 0.15) is 11.5 Å². The first-order chi connectivity index (χ1) is 13.1. The van der Waals surface area contributed by atoms with E-state index in [-0.39, 0.29) is 17.7 Å². The van der Waals surface area contributed by atoms with Gasteiger partial charge in [-0.2, -0.15) is 0 Å². The number of furan rings is 1. The lowest BCUT2D eigenvalue weighted by molar-refractivity contribution is -0.118. The lowest BCUT2D eigenvalue weighted by atomic mass is 10.2. The normalized spacial score (nSPS) is 11.0. The molecule has 0 aliphatic heterocycles. The molecule has 2 aromatic heterocycles. The van der Waals surface area contributed by atoms with Crippen molar-refractivity contribution in [3.63, 3.8) is 0 Å². The first kappa shape index (κ1) is 19.0. The molecular formula is C19H22N4O3S. The molecule has 0 aliphatic carbocycles. The van der Waals surface area contributed by atoms with Gasteiger partial charge in [0.25, 0.3) is 0 Å². The Morgan fingerprint density at radius 3 is 2.67 bits per heavy atom. The summed E-state index contributed by atoms with van der Waals surface area (Å²) in [5, 5.41) is 12.2. The summed E-state index contributed by atoms with van der Waals surface area (Å²) in [5.41, 5.74) is 0.950. The Morgan fingerprint density at radius 1 is 1.26 bits per heavy atom. The van der Waals surface area contributed by atoms with Crippen LogP contribution in [0.5, 0.6) is 5.75 Å². The summed E-state index contributed by atoms with van der Waals surface area (Å²) < 4.78 is 12.4. The van der Waals surface area contributed by atoms with Crippen LogP contribution in [0.3, 0.4) is 0 Å². The molecule has 0 aliphatic rings. The van der Waals surface area contributed by atoms with Gasteiger partial charge in [-0.3, -0.25) is 9.36 Å². The summed E-state index contributed by atoms with van der Waals surface area (Å²) in [6, 6.07) is 11.5. The molecule has 0 saturated carbocycles. The van der Waals surface area contributed by atoms with Crippen molar-refractivity contribution >= 4 is 17.7 Å². The molecule has 1 amide bonds. The molecule has 2 heterocycles. The van der Waals surface area contributed by atoms with Gasteiger partial charge in [-0.1, -0.05) is 11.8 Å². The number of rotatable bonds is 8. The van der Waals surface area contributed by atoms with E-state index in [1.54, 1.807) is 19.4 Å². The summed E-state index contributed by atoms with van der Waals surface area (Å²) in [4.78, 5) is 12.1. The lowest BCUT2D eigenvalue weighted by Gasteiger charge is -2.14. The van der Waals surface area contributed by atoms with Crippen LogP contribution in [0, 0.1) is 0 Å². The largest absolute Gasteiger partial charge is 0.497 e. The molecular weight excluding hydrogens is 364 g/mol. The highest BCUT2D eigenvalue weighted by atomic mass is 32.2. The molecule has 0 radical (unpaired) electrons. The topological polar surface area (TPSA) is 82.2 Å². The molecule has 3 aromatic rings. The number of carbonyl (C=O) groups excluding carboxylic acids is 1. The third-order valence-corrected chi connectivity index (χ3v) is 4.84. The van der Waals surface area contributed by atoms with Gasteiger partial charge in [-0.05, 0) is 50.2 Å². The van der Waals surface area contributed by atoms with Crippen LogP contribution in [0.4, 0.5) is 0 Å². The summed E-state index contributed by atoms with van der Waals surface area (Å²) in [5.74, 6) is 2.46. The van der Waals surface area contributed by atoms with Crippen molar-refractivity contribution in [2.75, 3.05) is 12.9 Å². The molecule has 0 atom stereocenters. The number of hydrogen-bond donors (Lipinski definition) is 1. The highest BCUT2D eigenvalue weighted by Crippen LogP contribution is 2.28. The number of nitrogens with zero attached hydrogens (tertiary/aromatic N) is 3. The molecule has 3 rings (SSSR count). The number of nitrogens with one attached hydrogen (secondary N) is 1. The van der Waals surface area contributed by atoms with Crippen LogP contribution in [0.15, 0.2) is 52.2 Å². The number of carbonyl (C=O) groups is 1. The van der Waals surface area contributed by atoms with Gasteiger partial charge < -0.3 is 14.5 Å². The van der Waals surface area contributed by atoms with E-state index in [1.807, 2.05) is 34.9 Å². The zero-order valence-corrected chi connectivity index (χ0v) is 16.3. The predicted molar refractivity (Wildman–Crippen MR) is 104 cm³/mol. The van der Waals surface area contributed by atoms with E-state index in [4.69, 9.17) is 9.15 Å². The molecule has 8 heteroatoms. The number of methoxy groups -OCH3 is 1. The Balaban J connectivity index is 1.68. The van der Waals surface area contributed by atoms with Gasteiger partial charge in [0, 0.05) is 11.6 Å². The van der Waals surface area contributed by atoms with Crippen LogP contribution >= 0.6 is 11.8 Å². The smallest absolute Gasteiger partial charge is 0.230 e. The number of aromatic nitrogens is 3. The van der Waals surface area contributed by atoms with E-state index in [1.165, 1.54) is 11.8 Å². The number of amides is 1. The van der Waals surface area contributed by atoms with Crippen LogP contribution in [-0.2, 0) is 11.3 Å². The lowest BCUT2D eigenvalue weighted by Crippen LogP contribution is -2.24. The van der Waals surface area contributed by atoms with E-state index >= 15 is 0 Å². The zero-order valence-electron chi connectivity index (χ0n) is 15.5. The molecule has 27 heavy (non-hydrogen) atoms. The highest BCUT2D eigenvalue weighted by molar-refractivity contribution is 7.99. The third kappa shape index (κ3) is 4.71. The van der Waals surface area contributed by atoms with Crippen molar-refractivity contribution in [2.24, 2.45) is 0 Å². The fraction of sp³-hybridized carbons (Fsp3) is 0.316. The van der Waals surface area contributed by atoms with Crippen LogP contribution in [0.2, 0.25) is 0 Å². The Bertz CT molecular complexity index is 873. The van der Waals surface area contributed by atoms with Crippen LogP contribution < -0.4 is 10.1 Å². The predicted octanol–water partition coefficient (Wildman–Crippen LogP) is 3.54. The van der Waals surface area contributed by atoms with Crippen LogP contribution in [0.1, 0.15) is 25.6 Å². The van der Waals surface area contributed by atoms with E-state index in [2.05, 4.69) is 29.4 Å². The molecule has 1 aromatic carbocycles. The van der Waals surface area contributed by atoms with Crippen molar-refractivity contribution in [3.8, 4) is 17.1 Å². The summed E-state index contributed by atoms with van der Waals surface area (Å²) in [7, 11) is 1.64. The minimum atomic E-state index is -0.0827. The van der Waals surface area contributed by atoms with E-state index in [9.17, 15) is 4.79 Å².